The van der Waals surface area contributed by atoms with E-state index in [1.54, 1.807) is 31.3 Å². The quantitative estimate of drug-likeness (QED) is 0.620. The maximum Gasteiger partial charge on any atom is 0.406 e. The number of alkyl carbamates (subject to hydrolysis) is 1. The molecule has 8 nitrogen and oxygen atoms in total. The van der Waals surface area contributed by atoms with E-state index in [9.17, 15) is 18.0 Å². The van der Waals surface area contributed by atoms with E-state index < -0.39 is 32.1 Å². The molecule has 1 N–H and O–H groups in total. The molecular weight excluding hydrogens is 346 g/mol. The highest BCUT2D eigenvalue weighted by Crippen LogP contribution is 2.48. The molecule has 0 spiro atoms. The maximum atomic E-state index is 13.1. The van der Waals surface area contributed by atoms with Crippen LogP contribution >= 0.6 is 0 Å². The van der Waals surface area contributed by atoms with Crippen molar-refractivity contribution >= 4 is 27.9 Å². The zero-order valence-electron chi connectivity index (χ0n) is 14.1. The minimum Gasteiger partial charge on any atom is -0.448 e. The normalized spacial score (nSPS) is 31.4. The van der Waals surface area contributed by atoms with E-state index in [1.165, 1.54) is 24.9 Å². The topological polar surface area (TPSA) is 106 Å². The lowest BCUT2D eigenvalue weighted by Gasteiger charge is -2.38. The number of fused-ring (bicyclic) bond motifs is 1. The zero-order chi connectivity index (χ0) is 18.4. The van der Waals surface area contributed by atoms with Gasteiger partial charge in [-0.15, -0.1) is 0 Å². The van der Waals surface area contributed by atoms with Gasteiger partial charge in [-0.3, -0.25) is 9.78 Å². The molecule has 2 amide bonds. The van der Waals surface area contributed by atoms with Gasteiger partial charge in [-0.1, -0.05) is 6.07 Å². The van der Waals surface area contributed by atoms with E-state index >= 15 is 0 Å². The van der Waals surface area contributed by atoms with Crippen molar-refractivity contribution in [2.45, 2.75) is 30.0 Å². The van der Waals surface area contributed by atoms with Crippen molar-refractivity contribution in [2.24, 2.45) is 0 Å². The number of nitrogens with zero attached hydrogens (tertiary/aromatic N) is 2. The van der Waals surface area contributed by atoms with Crippen molar-refractivity contribution in [1.82, 2.24) is 15.2 Å². The fourth-order valence-electron chi connectivity index (χ4n) is 3.16. The van der Waals surface area contributed by atoms with Crippen molar-refractivity contribution < 1.29 is 22.7 Å². The SMILES string of the molecule is CNC(=O)OC[C@@]1(C)[C@H](C)N2C(=O)/C(=C/c3ccccn3)[C@H]2S1(=O)=O. The second kappa shape index (κ2) is 5.83. The molecule has 3 rings (SSSR count). The van der Waals surface area contributed by atoms with E-state index in [4.69, 9.17) is 4.74 Å². The van der Waals surface area contributed by atoms with Crippen LogP contribution < -0.4 is 5.32 Å². The summed E-state index contributed by atoms with van der Waals surface area (Å²) in [6, 6.07) is 4.58. The second-order valence-corrected chi connectivity index (χ2v) is 8.75. The first-order chi connectivity index (χ1) is 11.7. The Bertz CT molecular complexity index is 852. The van der Waals surface area contributed by atoms with E-state index in [2.05, 4.69) is 10.3 Å². The Morgan fingerprint density at radius 2 is 2.20 bits per heavy atom. The monoisotopic (exact) mass is 365 g/mol. The number of β-lactam (4-membered cyclic amide) rings is 1. The maximum absolute atomic E-state index is 13.1. The van der Waals surface area contributed by atoms with Crippen LogP contribution in [0.2, 0.25) is 0 Å². The van der Waals surface area contributed by atoms with Crippen LogP contribution in [0.5, 0.6) is 0 Å². The molecule has 2 aliphatic heterocycles. The standard InChI is InChI=1S/C16H19N3O5S/c1-10-16(2,9-24-15(21)17-3)25(22,23)14-12(13(20)19(10)14)8-11-6-4-5-7-18-11/h4-8,10,14H,9H2,1-3H3,(H,17,21)/b12-8-/t10-,14+,16-/m0/s1. The van der Waals surface area contributed by atoms with Crippen molar-refractivity contribution in [3.05, 3.63) is 35.7 Å². The first-order valence-corrected chi connectivity index (χ1v) is 9.32. The average molecular weight is 365 g/mol. The summed E-state index contributed by atoms with van der Waals surface area (Å²) < 4.78 is 29.8. The number of hydrogen-bond acceptors (Lipinski definition) is 6. The number of nitrogens with one attached hydrogen (secondary N) is 1. The highest BCUT2D eigenvalue weighted by atomic mass is 32.2. The molecule has 0 aromatic carbocycles. The molecule has 0 unspecified atom stereocenters. The Labute approximate surface area is 145 Å². The highest BCUT2D eigenvalue weighted by Gasteiger charge is 2.68. The van der Waals surface area contributed by atoms with Crippen LogP contribution in [0.25, 0.3) is 6.08 Å². The van der Waals surface area contributed by atoms with E-state index in [0.29, 0.717) is 5.69 Å². The minimum atomic E-state index is -3.78. The van der Waals surface area contributed by atoms with Gasteiger partial charge in [0.25, 0.3) is 5.91 Å². The summed E-state index contributed by atoms with van der Waals surface area (Å²) in [7, 11) is -2.39. The first-order valence-electron chi connectivity index (χ1n) is 7.77. The Morgan fingerprint density at radius 3 is 2.80 bits per heavy atom. The van der Waals surface area contributed by atoms with Gasteiger partial charge in [0.15, 0.2) is 15.2 Å². The van der Waals surface area contributed by atoms with Crippen LogP contribution in [0, 0.1) is 0 Å². The number of pyridine rings is 1. The van der Waals surface area contributed by atoms with E-state index in [0.717, 1.165) is 0 Å². The minimum absolute atomic E-state index is 0.189. The molecule has 0 bridgehead atoms. The summed E-state index contributed by atoms with van der Waals surface area (Å²) in [4.78, 5) is 29.3. The predicted octanol–water partition coefficient (Wildman–Crippen LogP) is 0.565. The van der Waals surface area contributed by atoms with E-state index in [-0.39, 0.29) is 18.1 Å². The molecule has 9 heteroatoms. The van der Waals surface area contributed by atoms with Crippen LogP contribution in [0.4, 0.5) is 4.79 Å². The lowest BCUT2D eigenvalue weighted by molar-refractivity contribution is -0.136. The number of carbonyl (C=O) groups excluding carboxylic acids is 2. The number of amides is 2. The van der Waals surface area contributed by atoms with Crippen LogP contribution in [0.3, 0.4) is 0 Å². The molecule has 134 valence electrons. The zero-order valence-corrected chi connectivity index (χ0v) is 14.9. The summed E-state index contributed by atoms with van der Waals surface area (Å²) in [5.74, 6) is -0.338. The van der Waals surface area contributed by atoms with Crippen LogP contribution in [0.1, 0.15) is 19.5 Å². The van der Waals surface area contributed by atoms with Crippen molar-refractivity contribution in [3.63, 3.8) is 0 Å². The molecule has 1 aromatic rings. The summed E-state index contributed by atoms with van der Waals surface area (Å²) in [6.45, 7) is 2.83. The van der Waals surface area contributed by atoms with Gasteiger partial charge in [0.2, 0.25) is 0 Å². The number of ether oxygens (including phenoxy) is 1. The van der Waals surface area contributed by atoms with Crippen molar-refractivity contribution in [1.29, 1.82) is 0 Å². The summed E-state index contributed by atoms with van der Waals surface area (Å²) in [5.41, 5.74) is 0.706. The third kappa shape index (κ3) is 2.41. The predicted molar refractivity (Wildman–Crippen MR) is 90.0 cm³/mol. The molecule has 25 heavy (non-hydrogen) atoms. The molecule has 0 aliphatic carbocycles. The molecule has 1 aromatic heterocycles. The summed E-state index contributed by atoms with van der Waals surface area (Å²) in [6.07, 6.45) is 2.35. The van der Waals surface area contributed by atoms with Crippen molar-refractivity contribution in [3.8, 4) is 0 Å². The van der Waals surface area contributed by atoms with Crippen LogP contribution in [-0.4, -0.2) is 60.1 Å². The largest absolute Gasteiger partial charge is 0.448 e. The van der Waals surface area contributed by atoms with E-state index in [1.807, 2.05) is 0 Å². The van der Waals surface area contributed by atoms with Gasteiger partial charge in [0, 0.05) is 13.2 Å². The molecular formula is C16H19N3O5S. The number of sulfone groups is 1. The number of aromatic nitrogens is 1. The Balaban J connectivity index is 1.95. The van der Waals surface area contributed by atoms with Gasteiger partial charge in [0.05, 0.1) is 17.3 Å². The third-order valence-corrected chi connectivity index (χ3v) is 7.76. The Hall–Kier alpha value is -2.42. The van der Waals surface area contributed by atoms with Gasteiger partial charge in [-0.05, 0) is 32.1 Å². The first kappa shape index (κ1) is 17.4. The molecule has 2 fully saturated rings. The van der Waals surface area contributed by atoms with Crippen molar-refractivity contribution in [2.75, 3.05) is 13.7 Å². The molecule has 2 aliphatic rings. The van der Waals surface area contributed by atoms with Crippen LogP contribution in [0.15, 0.2) is 30.0 Å². The molecule has 2 saturated heterocycles. The second-order valence-electron chi connectivity index (χ2n) is 6.28. The van der Waals surface area contributed by atoms with Gasteiger partial charge in [0.1, 0.15) is 11.4 Å². The number of rotatable bonds is 3. The van der Waals surface area contributed by atoms with Gasteiger partial charge >= 0.3 is 6.09 Å². The summed E-state index contributed by atoms with van der Waals surface area (Å²) in [5, 5.41) is 1.25. The number of carbonyl (C=O) groups is 2. The molecule has 3 atom stereocenters. The molecule has 0 saturated carbocycles. The Kier molecular flexibility index (Phi) is 4.06. The highest BCUT2D eigenvalue weighted by molar-refractivity contribution is 7.94. The lowest BCUT2D eigenvalue weighted by Crippen LogP contribution is -2.56. The van der Waals surface area contributed by atoms with Crippen LogP contribution in [-0.2, 0) is 19.4 Å². The number of hydrogen-bond donors (Lipinski definition) is 1. The molecule has 3 heterocycles. The fourth-order valence-corrected chi connectivity index (χ4v) is 5.57. The molecule has 0 radical (unpaired) electrons. The average Bonchev–Trinajstić information content (AvgIpc) is 2.74. The smallest absolute Gasteiger partial charge is 0.406 e. The van der Waals surface area contributed by atoms with Gasteiger partial charge < -0.3 is 15.0 Å². The Morgan fingerprint density at radius 1 is 1.48 bits per heavy atom. The van der Waals surface area contributed by atoms with Gasteiger partial charge in [-0.25, -0.2) is 13.2 Å². The lowest BCUT2D eigenvalue weighted by atomic mass is 9.95. The van der Waals surface area contributed by atoms with Gasteiger partial charge in [-0.2, -0.15) is 0 Å². The summed E-state index contributed by atoms with van der Waals surface area (Å²) >= 11 is 0. The third-order valence-electron chi connectivity index (χ3n) is 4.93. The fraction of sp³-hybridized carbons (Fsp3) is 0.438.